The van der Waals surface area contributed by atoms with Crippen LogP contribution in [0.1, 0.15) is 34.3 Å². The summed E-state index contributed by atoms with van der Waals surface area (Å²) in [6.07, 6.45) is -4.32. The van der Waals surface area contributed by atoms with Crippen molar-refractivity contribution in [3.8, 4) is 0 Å². The molecule has 0 saturated carbocycles. The Bertz CT molecular complexity index is 1330. The molecule has 5 nitrogen and oxygen atoms in total. The largest absolute Gasteiger partial charge is 0.416 e. The van der Waals surface area contributed by atoms with Crippen molar-refractivity contribution < 1.29 is 22.8 Å². The van der Waals surface area contributed by atoms with Gasteiger partial charge in [0.1, 0.15) is 0 Å². The van der Waals surface area contributed by atoms with Gasteiger partial charge in [-0.15, -0.1) is 0 Å². The number of halogens is 3. The number of alkyl halides is 3. The molecule has 0 spiro atoms. The molecule has 4 aromatic rings. The van der Waals surface area contributed by atoms with Gasteiger partial charge in [0.25, 0.3) is 0 Å². The minimum Gasteiger partial charge on any atom is -0.347 e. The predicted molar refractivity (Wildman–Crippen MR) is 140 cm³/mol. The number of hydrogen-bond donors (Lipinski definition) is 3. The lowest BCUT2D eigenvalue weighted by molar-refractivity contribution is -0.137. The van der Waals surface area contributed by atoms with Crippen molar-refractivity contribution in [1.29, 1.82) is 0 Å². The smallest absolute Gasteiger partial charge is 0.347 e. The maximum absolute atomic E-state index is 13.1. The second-order valence-electron chi connectivity index (χ2n) is 8.68. The fourth-order valence-corrected chi connectivity index (χ4v) is 4.10. The first kappa shape index (κ1) is 26.5. The van der Waals surface area contributed by atoms with E-state index in [0.717, 1.165) is 28.8 Å². The first-order valence-electron chi connectivity index (χ1n) is 12.0. The van der Waals surface area contributed by atoms with Crippen molar-refractivity contribution in [2.75, 3.05) is 5.32 Å². The summed E-state index contributed by atoms with van der Waals surface area (Å²) in [5.74, 6) is -0.226. The zero-order valence-corrected chi connectivity index (χ0v) is 20.3. The van der Waals surface area contributed by atoms with E-state index < -0.39 is 29.9 Å². The second-order valence-corrected chi connectivity index (χ2v) is 8.68. The Labute approximate surface area is 218 Å². The van der Waals surface area contributed by atoms with E-state index in [4.69, 9.17) is 0 Å². The van der Waals surface area contributed by atoms with Crippen LogP contribution in [0.4, 0.5) is 23.7 Å². The van der Waals surface area contributed by atoms with Gasteiger partial charge in [-0.2, -0.15) is 13.2 Å². The Morgan fingerprint density at radius 1 is 0.632 bits per heavy atom. The predicted octanol–water partition coefficient (Wildman–Crippen LogP) is 6.67. The number of carbonyl (C=O) groups is 2. The van der Waals surface area contributed by atoms with E-state index in [-0.39, 0.29) is 18.0 Å². The van der Waals surface area contributed by atoms with Crippen molar-refractivity contribution in [3.05, 3.63) is 138 Å². The average molecular weight is 518 g/mol. The van der Waals surface area contributed by atoms with Crippen LogP contribution in [0.25, 0.3) is 0 Å². The summed E-state index contributed by atoms with van der Waals surface area (Å²) in [4.78, 5) is 26.1. The lowest BCUT2D eigenvalue weighted by atomic mass is 9.93. The molecule has 4 rings (SSSR count). The molecule has 0 bridgehead atoms. The van der Waals surface area contributed by atoms with Crippen LogP contribution in [-0.2, 0) is 17.4 Å². The van der Waals surface area contributed by atoms with Crippen LogP contribution in [0.3, 0.4) is 0 Å². The van der Waals surface area contributed by atoms with Gasteiger partial charge in [-0.3, -0.25) is 4.79 Å². The Morgan fingerprint density at radius 3 is 1.61 bits per heavy atom. The maximum Gasteiger partial charge on any atom is 0.416 e. The van der Waals surface area contributed by atoms with Crippen molar-refractivity contribution >= 4 is 17.6 Å². The fourth-order valence-electron chi connectivity index (χ4n) is 4.10. The topological polar surface area (TPSA) is 70.2 Å². The van der Waals surface area contributed by atoms with Gasteiger partial charge >= 0.3 is 12.2 Å². The summed E-state index contributed by atoms with van der Waals surface area (Å²) < 4.78 is 38.7. The third-order valence-corrected chi connectivity index (χ3v) is 5.93. The lowest BCUT2D eigenvalue weighted by Crippen LogP contribution is -2.42. The molecule has 0 aliphatic carbocycles. The number of urea groups is 1. The zero-order chi connectivity index (χ0) is 27.0. The van der Waals surface area contributed by atoms with Crippen molar-refractivity contribution in [2.45, 2.75) is 24.7 Å². The van der Waals surface area contributed by atoms with E-state index in [1.807, 2.05) is 91.0 Å². The van der Waals surface area contributed by atoms with E-state index in [2.05, 4.69) is 16.0 Å². The highest BCUT2D eigenvalue weighted by molar-refractivity contribution is 5.89. The molecule has 0 aromatic heterocycles. The average Bonchev–Trinajstić information content (AvgIpc) is 2.92. The van der Waals surface area contributed by atoms with Crippen LogP contribution in [0.5, 0.6) is 0 Å². The monoisotopic (exact) mass is 517 g/mol. The lowest BCUT2D eigenvalue weighted by Gasteiger charge is -2.30. The summed E-state index contributed by atoms with van der Waals surface area (Å²) in [5.41, 5.74) is 1.75. The molecule has 38 heavy (non-hydrogen) atoms. The number of nitrogens with one attached hydrogen (secondary N) is 3. The Kier molecular flexibility index (Phi) is 8.43. The molecule has 3 N–H and O–H groups in total. The number of rotatable bonds is 8. The molecule has 8 heteroatoms. The molecule has 0 unspecified atom stereocenters. The summed E-state index contributed by atoms with van der Waals surface area (Å²) in [6.45, 7) is 0. The van der Waals surface area contributed by atoms with E-state index >= 15 is 0 Å². The molecule has 4 aromatic carbocycles. The summed E-state index contributed by atoms with van der Waals surface area (Å²) in [7, 11) is 0. The van der Waals surface area contributed by atoms with E-state index in [1.165, 1.54) is 12.1 Å². The number of anilines is 1. The molecule has 0 radical (unpaired) electrons. The summed E-state index contributed by atoms with van der Waals surface area (Å²) >= 11 is 0. The van der Waals surface area contributed by atoms with Crippen LogP contribution in [-0.4, -0.2) is 11.9 Å². The normalized spacial score (nSPS) is 12.7. The van der Waals surface area contributed by atoms with Crippen LogP contribution < -0.4 is 16.0 Å². The van der Waals surface area contributed by atoms with Crippen molar-refractivity contribution in [2.24, 2.45) is 0 Å². The quantitative estimate of drug-likeness (QED) is 0.244. The number of benzene rings is 4. The molecular weight excluding hydrogens is 491 g/mol. The van der Waals surface area contributed by atoms with Gasteiger partial charge in [0.2, 0.25) is 5.91 Å². The standard InChI is InChI=1S/C30H26F3N3O2/c31-30(32,33)24-16-18-25(19-17-24)34-29(38)36-28(23-14-8-3-9-15-23)27(22-12-6-2-7-13-22)35-26(37)20-21-10-4-1-5-11-21/h1-19,27-28H,20H2,(H,35,37)(H2,34,36,38)/t27-,28-/m1/s1. The van der Waals surface area contributed by atoms with Crippen LogP contribution >= 0.6 is 0 Å². The molecule has 0 saturated heterocycles. The summed E-state index contributed by atoms with van der Waals surface area (Å²) in [5, 5.41) is 8.56. The molecular formula is C30H26F3N3O2. The fraction of sp³-hybridized carbons (Fsp3) is 0.133. The zero-order valence-electron chi connectivity index (χ0n) is 20.3. The van der Waals surface area contributed by atoms with Gasteiger partial charge in [0.05, 0.1) is 24.1 Å². The van der Waals surface area contributed by atoms with Crippen LogP contribution in [0, 0.1) is 0 Å². The Balaban J connectivity index is 1.59. The van der Waals surface area contributed by atoms with E-state index in [9.17, 15) is 22.8 Å². The first-order valence-corrected chi connectivity index (χ1v) is 12.0. The van der Waals surface area contributed by atoms with E-state index in [0.29, 0.717) is 0 Å². The van der Waals surface area contributed by atoms with Crippen LogP contribution in [0.2, 0.25) is 0 Å². The summed E-state index contributed by atoms with van der Waals surface area (Å²) in [6, 6.07) is 30.0. The number of carbonyl (C=O) groups excluding carboxylic acids is 2. The van der Waals surface area contributed by atoms with Gasteiger partial charge in [0, 0.05) is 5.69 Å². The molecule has 0 heterocycles. The number of hydrogen-bond acceptors (Lipinski definition) is 2. The third-order valence-electron chi connectivity index (χ3n) is 5.93. The van der Waals surface area contributed by atoms with Gasteiger partial charge in [-0.05, 0) is 41.0 Å². The molecule has 194 valence electrons. The highest BCUT2D eigenvalue weighted by Gasteiger charge is 2.30. The van der Waals surface area contributed by atoms with Crippen molar-refractivity contribution in [1.82, 2.24) is 10.6 Å². The second kappa shape index (κ2) is 12.1. The van der Waals surface area contributed by atoms with E-state index in [1.54, 1.807) is 0 Å². The van der Waals surface area contributed by atoms with Gasteiger partial charge in [-0.1, -0.05) is 91.0 Å². The third kappa shape index (κ3) is 7.22. The van der Waals surface area contributed by atoms with Gasteiger partial charge in [-0.25, -0.2) is 4.79 Å². The molecule has 3 amide bonds. The minimum absolute atomic E-state index is 0.156. The first-order chi connectivity index (χ1) is 18.3. The van der Waals surface area contributed by atoms with Crippen molar-refractivity contribution in [3.63, 3.8) is 0 Å². The van der Waals surface area contributed by atoms with Crippen LogP contribution in [0.15, 0.2) is 115 Å². The Hall–Kier alpha value is -4.59. The molecule has 0 fully saturated rings. The maximum atomic E-state index is 13.1. The highest BCUT2D eigenvalue weighted by atomic mass is 19.4. The van der Waals surface area contributed by atoms with Gasteiger partial charge < -0.3 is 16.0 Å². The molecule has 0 aliphatic rings. The number of amides is 3. The molecule has 0 aliphatic heterocycles. The highest BCUT2D eigenvalue weighted by Crippen LogP contribution is 2.31. The minimum atomic E-state index is -4.47. The Morgan fingerprint density at radius 2 is 1.11 bits per heavy atom. The molecule has 2 atom stereocenters. The van der Waals surface area contributed by atoms with Gasteiger partial charge in [0.15, 0.2) is 0 Å². The SMILES string of the molecule is O=C(Cc1ccccc1)N[C@H](c1ccccc1)[C@H](NC(=O)Nc1ccc(C(F)(F)F)cc1)c1ccccc1.